The summed E-state index contributed by atoms with van der Waals surface area (Å²) < 4.78 is 17.2. The highest BCUT2D eigenvalue weighted by Gasteiger charge is 2.23. The molecule has 0 radical (unpaired) electrons. The van der Waals surface area contributed by atoms with Gasteiger partial charge < -0.3 is 19.3 Å². The van der Waals surface area contributed by atoms with E-state index in [-0.39, 0.29) is 43.2 Å². The predicted molar refractivity (Wildman–Crippen MR) is 190 cm³/mol. The largest absolute Gasteiger partial charge is 0.498 e. The number of aliphatic hydroxyl groups excluding tert-OH is 1. The third kappa shape index (κ3) is 21.9. The zero-order valence-electron chi connectivity index (χ0n) is 27.6. The van der Waals surface area contributed by atoms with Crippen molar-refractivity contribution in [3.8, 4) is 0 Å². The molecule has 0 amide bonds. The Labute approximate surface area is 282 Å². The average molecular weight is 735 g/mol. The summed E-state index contributed by atoms with van der Waals surface area (Å²) in [7, 11) is 0. The molecule has 3 aliphatic rings. The van der Waals surface area contributed by atoms with Gasteiger partial charge in [-0.15, -0.1) is 0 Å². The van der Waals surface area contributed by atoms with Gasteiger partial charge in [-0.3, -0.25) is 14.4 Å². The molecule has 0 aliphatic heterocycles. The minimum absolute atomic E-state index is 0. The number of unbranched alkanes of at least 4 members (excludes halogenated alkanes) is 2. The number of hydrogen-bond donors (Lipinski definition) is 1. The maximum Gasteiger partial charge on any atom is 0.162 e. The molecule has 256 valence electrons. The third-order valence-electron chi connectivity index (χ3n) is 7.15. The Morgan fingerprint density at radius 3 is 1.48 bits per heavy atom. The number of halogens is 1. The van der Waals surface area contributed by atoms with Crippen LogP contribution in [0.5, 0.6) is 0 Å². The number of ether oxygens (including phenoxy) is 3. The number of carbonyl (C=O) groups excluding carboxylic acids is 3. The van der Waals surface area contributed by atoms with Gasteiger partial charge in [0.15, 0.2) is 17.3 Å². The van der Waals surface area contributed by atoms with Gasteiger partial charge in [-0.1, -0.05) is 63.1 Å². The molecule has 0 saturated carbocycles. The predicted octanol–water partition coefficient (Wildman–Crippen LogP) is 9.25. The lowest BCUT2D eigenvalue weighted by Crippen LogP contribution is -2.18. The zero-order valence-corrected chi connectivity index (χ0v) is 29.8. The topological polar surface area (TPSA) is 99.1 Å². The fourth-order valence-corrected chi connectivity index (χ4v) is 5.53. The fraction of sp³-hybridized carbons (Fsp3) is 0.750. The van der Waals surface area contributed by atoms with Crippen molar-refractivity contribution in [3.63, 3.8) is 0 Å². The monoisotopic (exact) mass is 734 g/mol. The summed E-state index contributed by atoms with van der Waals surface area (Å²) in [6.45, 7) is 12.3. The number of ketones is 3. The lowest BCUT2D eigenvalue weighted by atomic mass is 9.88. The lowest BCUT2D eigenvalue weighted by Gasteiger charge is -2.20. The number of allylic oxidation sites excluding steroid dienone is 6. The highest BCUT2D eigenvalue weighted by molar-refractivity contribution is 14.1. The van der Waals surface area contributed by atoms with Gasteiger partial charge in [0, 0.05) is 62.4 Å². The molecule has 2 unspecified atom stereocenters. The molecule has 44 heavy (non-hydrogen) atoms. The van der Waals surface area contributed by atoms with Crippen LogP contribution in [0.3, 0.4) is 0 Å². The molecule has 0 aromatic carbocycles. The number of aliphatic hydroxyl groups is 1. The summed E-state index contributed by atoms with van der Waals surface area (Å²) >= 11 is 2.39. The molecule has 0 heterocycles. The second kappa shape index (κ2) is 30.0. The van der Waals surface area contributed by atoms with Crippen LogP contribution in [0.25, 0.3) is 0 Å². The summed E-state index contributed by atoms with van der Waals surface area (Å²) in [6.07, 6.45) is 18.8. The van der Waals surface area contributed by atoms with Crippen LogP contribution in [0.2, 0.25) is 0 Å². The van der Waals surface area contributed by atoms with Crippen LogP contribution in [0.1, 0.15) is 132 Å². The van der Waals surface area contributed by atoms with Crippen LogP contribution in [-0.2, 0) is 28.6 Å². The molecule has 1 N–H and O–H groups in total. The first-order valence-electron chi connectivity index (χ1n) is 16.6. The second-order valence-electron chi connectivity index (χ2n) is 10.8. The number of carbonyl (C=O) groups is 3. The quantitative estimate of drug-likeness (QED) is 0.140. The van der Waals surface area contributed by atoms with E-state index in [1.54, 1.807) is 18.2 Å². The van der Waals surface area contributed by atoms with Crippen molar-refractivity contribution in [2.75, 3.05) is 30.9 Å². The molecule has 0 aromatic heterocycles. The molecule has 2 atom stereocenters. The minimum Gasteiger partial charge on any atom is -0.498 e. The molecule has 0 saturated heterocycles. The standard InChI is InChI=1S/C12H20O2.C11H18O3.C8H12O2.C4H9I.CH4/c1-3-5-6-10-7-8-11(14-4-2)9-12(10)13;1-2-14-10-6-5-9(4-3-7-12)11(13)8-10;1-2-10-8-5-3-4-7(9)6-8;1-2-3-4-5;/h9-10H,3-8H2,1-2H3;8-9,12H,2-7H2,1H3;6H,2-5H2,1H3;2-4H2,1H3;1H4. The average Bonchev–Trinajstić information content (AvgIpc) is 2.98. The van der Waals surface area contributed by atoms with Gasteiger partial charge >= 0.3 is 0 Å². The van der Waals surface area contributed by atoms with Gasteiger partial charge in [-0.2, -0.15) is 0 Å². The first-order valence-corrected chi connectivity index (χ1v) is 18.1. The Morgan fingerprint density at radius 2 is 1.14 bits per heavy atom. The maximum atomic E-state index is 11.6. The van der Waals surface area contributed by atoms with Crippen molar-refractivity contribution >= 4 is 39.9 Å². The van der Waals surface area contributed by atoms with E-state index >= 15 is 0 Å². The van der Waals surface area contributed by atoms with E-state index in [0.717, 1.165) is 75.1 Å². The zero-order chi connectivity index (χ0) is 32.3. The van der Waals surface area contributed by atoms with Gasteiger partial charge in [-0.05, 0) is 70.1 Å². The summed E-state index contributed by atoms with van der Waals surface area (Å²) in [6, 6.07) is 0. The first-order chi connectivity index (χ1) is 20.8. The van der Waals surface area contributed by atoms with Gasteiger partial charge in [0.1, 0.15) is 0 Å². The number of alkyl halides is 1. The molecule has 8 heteroatoms. The molecule has 0 bridgehead atoms. The van der Waals surface area contributed by atoms with Crippen molar-refractivity contribution < 1.29 is 33.7 Å². The van der Waals surface area contributed by atoms with E-state index in [1.807, 2.05) is 20.8 Å². The molecule has 0 fully saturated rings. The Hall–Kier alpha value is -1.68. The SMILES string of the molecule is C.CCCCC1CCC(OCC)=CC1=O.CCCCI.CCOC1=CC(=O)C(CCCO)CC1.CCOC1=CC(=O)CCC1. The van der Waals surface area contributed by atoms with Crippen LogP contribution in [0.15, 0.2) is 35.5 Å². The molecule has 3 aliphatic carbocycles. The van der Waals surface area contributed by atoms with Crippen molar-refractivity contribution in [2.24, 2.45) is 11.8 Å². The van der Waals surface area contributed by atoms with E-state index in [2.05, 4.69) is 36.4 Å². The van der Waals surface area contributed by atoms with Crippen LogP contribution < -0.4 is 0 Å². The van der Waals surface area contributed by atoms with Crippen LogP contribution >= 0.6 is 22.6 Å². The Kier molecular flexibility index (Phi) is 30.3. The van der Waals surface area contributed by atoms with Crippen LogP contribution in [0, 0.1) is 11.8 Å². The van der Waals surface area contributed by atoms with E-state index in [1.165, 1.54) is 23.7 Å². The third-order valence-corrected chi connectivity index (χ3v) is 7.91. The molecule has 0 spiro atoms. The van der Waals surface area contributed by atoms with Crippen molar-refractivity contribution in [1.29, 1.82) is 0 Å². The van der Waals surface area contributed by atoms with E-state index < -0.39 is 0 Å². The summed E-state index contributed by atoms with van der Waals surface area (Å²) in [4.78, 5) is 34.0. The molecular formula is C36H63IO7. The molecule has 0 aromatic rings. The van der Waals surface area contributed by atoms with E-state index in [0.29, 0.717) is 32.7 Å². The highest BCUT2D eigenvalue weighted by atomic mass is 127. The van der Waals surface area contributed by atoms with Gasteiger partial charge in [0.25, 0.3) is 0 Å². The van der Waals surface area contributed by atoms with Crippen molar-refractivity contribution in [1.82, 2.24) is 0 Å². The van der Waals surface area contributed by atoms with E-state index in [9.17, 15) is 14.4 Å². The number of hydrogen-bond acceptors (Lipinski definition) is 7. The summed E-state index contributed by atoms with van der Waals surface area (Å²) in [5, 5.41) is 8.67. The Balaban J connectivity index is 0. The molecule has 3 rings (SSSR count). The molecule has 7 nitrogen and oxygen atoms in total. The van der Waals surface area contributed by atoms with Crippen molar-refractivity contribution in [3.05, 3.63) is 35.5 Å². The Bertz CT molecular complexity index is 813. The fourth-order valence-electron chi connectivity index (χ4n) is 4.77. The van der Waals surface area contributed by atoms with Gasteiger partial charge in [0.2, 0.25) is 0 Å². The smallest absolute Gasteiger partial charge is 0.162 e. The van der Waals surface area contributed by atoms with Crippen LogP contribution in [0.4, 0.5) is 0 Å². The minimum atomic E-state index is 0. The maximum absolute atomic E-state index is 11.6. The lowest BCUT2D eigenvalue weighted by molar-refractivity contribution is -0.120. The summed E-state index contributed by atoms with van der Waals surface area (Å²) in [5.41, 5.74) is 0. The second-order valence-corrected chi connectivity index (χ2v) is 11.9. The van der Waals surface area contributed by atoms with E-state index in [4.69, 9.17) is 19.3 Å². The summed E-state index contributed by atoms with van der Waals surface area (Å²) in [5.74, 6) is 3.56. The van der Waals surface area contributed by atoms with Crippen molar-refractivity contribution in [2.45, 2.75) is 132 Å². The van der Waals surface area contributed by atoms with Gasteiger partial charge in [0.05, 0.1) is 37.1 Å². The Morgan fingerprint density at radius 1 is 0.682 bits per heavy atom. The molecular weight excluding hydrogens is 671 g/mol. The van der Waals surface area contributed by atoms with Crippen LogP contribution in [-0.4, -0.2) is 53.3 Å². The normalized spacial score (nSPS) is 19.2. The number of rotatable bonds is 14. The first kappa shape index (κ1) is 44.4. The van der Waals surface area contributed by atoms with Gasteiger partial charge in [-0.25, -0.2) is 0 Å². The highest BCUT2D eigenvalue weighted by Crippen LogP contribution is 2.26.